The van der Waals surface area contributed by atoms with E-state index in [1.807, 2.05) is 4.93 Å². The van der Waals surface area contributed by atoms with Crippen LogP contribution < -0.4 is 26.5 Å². The number of aliphatic hydroxyl groups is 2. The molecule has 0 aliphatic carbocycles. The summed E-state index contributed by atoms with van der Waals surface area (Å²) in [6.07, 6.45) is -5.81. The van der Waals surface area contributed by atoms with E-state index in [2.05, 4.69) is 15.3 Å². The maximum atomic E-state index is 12.6. The molecule has 0 radical (unpaired) electrons. The summed E-state index contributed by atoms with van der Waals surface area (Å²) in [6.45, 7) is 0.0655. The number of alkyl halides is 5. The average molecular weight is 420 g/mol. The Hall–Kier alpha value is -0.720. The zero-order chi connectivity index (χ0) is 15.6. The van der Waals surface area contributed by atoms with E-state index >= 15 is 0 Å². The minimum absolute atomic E-state index is 0.0655. The van der Waals surface area contributed by atoms with Crippen LogP contribution in [0.3, 0.4) is 0 Å². The van der Waals surface area contributed by atoms with Crippen LogP contribution in [0.25, 0.3) is 0 Å². The Morgan fingerprint density at radius 2 is 2.10 bits per heavy atom. The summed E-state index contributed by atoms with van der Waals surface area (Å²) in [5, 5.41) is 22.4. The predicted molar refractivity (Wildman–Crippen MR) is 62.1 cm³/mol. The molecule has 6 nitrogen and oxygen atoms in total. The SMILES string of the molecule is C[I-]C1OC[C@H](Nc2nccc(C(F)(F)F)n2)C(O)C1O. The van der Waals surface area contributed by atoms with Gasteiger partial charge in [-0.05, 0) is 0 Å². The third-order valence-corrected chi connectivity index (χ3v) is 5.27. The number of nitrogens with one attached hydrogen (secondary N) is 1. The molecule has 0 spiro atoms. The van der Waals surface area contributed by atoms with E-state index in [-0.39, 0.29) is 16.7 Å². The van der Waals surface area contributed by atoms with Crippen LogP contribution in [0, 0.1) is 0 Å². The van der Waals surface area contributed by atoms with Gasteiger partial charge in [0.05, 0.1) is 0 Å². The summed E-state index contributed by atoms with van der Waals surface area (Å²) in [5.74, 6) is -0.269. The predicted octanol–water partition coefficient (Wildman–Crippen LogP) is -2.93. The van der Waals surface area contributed by atoms with Crippen molar-refractivity contribution in [1.82, 2.24) is 9.97 Å². The summed E-state index contributed by atoms with van der Waals surface area (Å²) < 4.78 is 42.7. The molecule has 1 saturated heterocycles. The van der Waals surface area contributed by atoms with Crippen LogP contribution in [0.5, 0.6) is 0 Å². The standard InChI is InChI=1S/C11H14F3IN3O3/c1-15-9-8(20)7(19)5(4-21-9)17-10-16-3-2-6(18-10)11(12,13)14/h2-3,5,7-9,19-20H,4H2,1H3,(H,16,17,18)/q-1/t5-,7?,8?,9?/m0/s1. The molecule has 3 N–H and O–H groups in total. The van der Waals surface area contributed by atoms with Crippen molar-refractivity contribution in [3.63, 3.8) is 0 Å². The van der Waals surface area contributed by atoms with Crippen molar-refractivity contribution >= 4 is 5.95 Å². The average Bonchev–Trinajstić information content (AvgIpc) is 2.44. The zero-order valence-corrected chi connectivity index (χ0v) is 13.0. The van der Waals surface area contributed by atoms with E-state index in [1.165, 1.54) is 0 Å². The van der Waals surface area contributed by atoms with Crippen LogP contribution in [0.2, 0.25) is 0 Å². The van der Waals surface area contributed by atoms with Gasteiger partial charge >= 0.3 is 129 Å². The molecule has 2 rings (SSSR count). The van der Waals surface area contributed by atoms with Crippen molar-refractivity contribution in [2.45, 2.75) is 28.5 Å². The minimum atomic E-state index is -4.57. The third-order valence-electron chi connectivity index (χ3n) is 2.94. The van der Waals surface area contributed by atoms with Crippen molar-refractivity contribution in [3.8, 4) is 0 Å². The summed E-state index contributed by atoms with van der Waals surface area (Å²) in [7, 11) is 0. The Labute approximate surface area is 129 Å². The first-order valence-corrected chi connectivity index (χ1v) is 9.35. The molecule has 21 heavy (non-hydrogen) atoms. The number of aromatic nitrogens is 2. The second-order valence-corrected chi connectivity index (χ2v) is 6.87. The number of hydrogen-bond acceptors (Lipinski definition) is 6. The Kier molecular flexibility index (Phi) is 5.22. The van der Waals surface area contributed by atoms with Crippen LogP contribution in [0.1, 0.15) is 5.69 Å². The molecule has 1 aliphatic heterocycles. The third kappa shape index (κ3) is 3.93. The first-order chi connectivity index (χ1) is 9.82. The summed E-state index contributed by atoms with van der Waals surface area (Å²) >= 11 is -0.422. The second kappa shape index (κ2) is 6.58. The number of rotatable bonds is 3. The van der Waals surface area contributed by atoms with Crippen LogP contribution in [-0.2, 0) is 10.9 Å². The van der Waals surface area contributed by atoms with E-state index in [9.17, 15) is 23.4 Å². The van der Waals surface area contributed by atoms with Crippen LogP contribution in [0.4, 0.5) is 19.1 Å². The Morgan fingerprint density at radius 3 is 2.71 bits per heavy atom. The fourth-order valence-electron chi connectivity index (χ4n) is 1.86. The molecule has 10 heteroatoms. The van der Waals surface area contributed by atoms with Crippen molar-refractivity contribution in [3.05, 3.63) is 18.0 Å². The van der Waals surface area contributed by atoms with Gasteiger partial charge in [-0.25, -0.2) is 0 Å². The molecular weight excluding hydrogens is 406 g/mol. The number of halogens is 4. The van der Waals surface area contributed by atoms with Gasteiger partial charge in [-0.1, -0.05) is 0 Å². The molecule has 2 heterocycles. The van der Waals surface area contributed by atoms with E-state index in [1.54, 1.807) is 0 Å². The summed E-state index contributed by atoms with van der Waals surface area (Å²) in [4.78, 5) is 8.94. The first-order valence-electron chi connectivity index (χ1n) is 5.95. The molecule has 1 aromatic heterocycles. The molecule has 3 unspecified atom stereocenters. The number of nitrogens with zero attached hydrogens (tertiary/aromatic N) is 2. The first kappa shape index (κ1) is 16.6. The van der Waals surface area contributed by atoms with Crippen molar-refractivity contribution in [2.24, 2.45) is 0 Å². The summed E-state index contributed by atoms with van der Waals surface area (Å²) in [6, 6.07) is -0.0129. The Morgan fingerprint density at radius 1 is 1.38 bits per heavy atom. The molecule has 0 bridgehead atoms. The molecule has 0 amide bonds. The number of aliphatic hydroxyl groups excluding tert-OH is 2. The van der Waals surface area contributed by atoms with Gasteiger partial charge in [-0.2, -0.15) is 0 Å². The van der Waals surface area contributed by atoms with Crippen molar-refractivity contribution < 1.29 is 49.3 Å². The summed E-state index contributed by atoms with van der Waals surface area (Å²) in [5.41, 5.74) is -1.08. The molecule has 1 aliphatic rings. The van der Waals surface area contributed by atoms with Gasteiger partial charge < -0.3 is 0 Å². The monoisotopic (exact) mass is 420 g/mol. The van der Waals surface area contributed by atoms with Crippen LogP contribution in [-0.4, -0.2) is 54.1 Å². The molecular formula is C11H14F3IN3O3-. The van der Waals surface area contributed by atoms with Crippen LogP contribution in [0.15, 0.2) is 12.3 Å². The topological polar surface area (TPSA) is 87.5 Å². The van der Waals surface area contributed by atoms with E-state index in [0.29, 0.717) is 0 Å². The van der Waals surface area contributed by atoms with Gasteiger partial charge in [0.1, 0.15) is 0 Å². The van der Waals surface area contributed by atoms with Gasteiger partial charge in [0.25, 0.3) is 0 Å². The fourth-order valence-corrected chi connectivity index (χ4v) is 3.59. The van der Waals surface area contributed by atoms with Gasteiger partial charge in [0.15, 0.2) is 0 Å². The molecule has 1 fully saturated rings. The Bertz CT molecular complexity index is 491. The van der Waals surface area contributed by atoms with Gasteiger partial charge in [0.2, 0.25) is 0 Å². The number of anilines is 1. The molecule has 120 valence electrons. The van der Waals surface area contributed by atoms with Gasteiger partial charge in [-0.3, -0.25) is 0 Å². The molecule has 0 aromatic carbocycles. The fraction of sp³-hybridized carbons (Fsp3) is 0.636. The zero-order valence-electron chi connectivity index (χ0n) is 10.9. The van der Waals surface area contributed by atoms with Crippen molar-refractivity contribution in [1.29, 1.82) is 0 Å². The normalized spacial score (nSPS) is 30.4. The molecule has 0 saturated carbocycles. The van der Waals surface area contributed by atoms with Crippen LogP contribution >= 0.6 is 0 Å². The van der Waals surface area contributed by atoms with Crippen molar-refractivity contribution in [2.75, 3.05) is 16.9 Å². The maximum absolute atomic E-state index is 12.6. The molecule has 1 aromatic rings. The van der Waals surface area contributed by atoms with E-state index in [4.69, 9.17) is 4.74 Å². The second-order valence-electron chi connectivity index (χ2n) is 4.40. The van der Waals surface area contributed by atoms with Gasteiger partial charge in [-0.15, -0.1) is 0 Å². The quantitative estimate of drug-likeness (QED) is 0.359. The van der Waals surface area contributed by atoms with Gasteiger partial charge in [0, 0.05) is 0 Å². The Balaban J connectivity index is 2.08. The number of ether oxygens (including phenoxy) is 1. The number of hydrogen-bond donors (Lipinski definition) is 3. The van der Waals surface area contributed by atoms with E-state index in [0.717, 1.165) is 12.3 Å². The molecule has 4 atom stereocenters. The van der Waals surface area contributed by atoms with E-state index < -0.39 is 51.3 Å².